The molecule has 1 N–H and O–H groups in total. The minimum Gasteiger partial charge on any atom is -0.494 e. The van der Waals surface area contributed by atoms with Crippen LogP contribution in [0.4, 0.5) is 11.4 Å². The molecule has 184 valence electrons. The zero-order valence-electron chi connectivity index (χ0n) is 20.4. The molecule has 5 rings (SSSR count). The van der Waals surface area contributed by atoms with Gasteiger partial charge in [0.15, 0.2) is 0 Å². The Labute approximate surface area is 207 Å². The Morgan fingerprint density at radius 3 is 2.31 bits per heavy atom. The average molecular weight is 474 g/mol. The molecule has 0 spiro atoms. The number of carboxylic acid groups (broad SMARTS) is 1. The molecule has 0 aliphatic carbocycles. The van der Waals surface area contributed by atoms with Crippen LogP contribution in [0, 0.1) is 0 Å². The Morgan fingerprint density at radius 2 is 1.57 bits per heavy atom. The van der Waals surface area contributed by atoms with Gasteiger partial charge in [-0.25, -0.2) is 4.79 Å². The van der Waals surface area contributed by atoms with Crippen LogP contribution in [0.25, 0.3) is 10.8 Å². The van der Waals surface area contributed by atoms with Crippen molar-refractivity contribution in [3.05, 3.63) is 66.2 Å². The number of carboxylic acids is 1. The number of hydrogen-bond acceptors (Lipinski definition) is 5. The van der Waals surface area contributed by atoms with Crippen molar-refractivity contribution in [2.24, 2.45) is 0 Å². The number of rotatable bonds is 8. The normalized spacial score (nSPS) is 17.0. The predicted molar refractivity (Wildman–Crippen MR) is 142 cm³/mol. The fourth-order valence-corrected chi connectivity index (χ4v) is 5.38. The van der Waals surface area contributed by atoms with Crippen LogP contribution < -0.4 is 14.5 Å². The van der Waals surface area contributed by atoms with E-state index in [1.54, 1.807) is 6.07 Å². The fourth-order valence-electron chi connectivity index (χ4n) is 5.38. The van der Waals surface area contributed by atoms with E-state index in [4.69, 9.17) is 4.74 Å². The number of likely N-dealkylation sites (tertiary alicyclic amines) is 1. The number of hydrogen-bond donors (Lipinski definition) is 1. The SMILES string of the molecule is O=C(O)c1ccc2cc(OCCCN3CCCCC3)ccc2c1N1CCN(c2ccccc2)CC1. The van der Waals surface area contributed by atoms with Crippen molar-refractivity contribution in [1.82, 2.24) is 4.90 Å². The van der Waals surface area contributed by atoms with Crippen LogP contribution in [-0.4, -0.2) is 68.4 Å². The first-order valence-electron chi connectivity index (χ1n) is 12.9. The lowest BCUT2D eigenvalue weighted by atomic mass is 10.0. The van der Waals surface area contributed by atoms with E-state index in [1.165, 1.54) is 38.0 Å². The molecule has 0 unspecified atom stereocenters. The summed E-state index contributed by atoms with van der Waals surface area (Å²) in [5.74, 6) is -0.0375. The quantitative estimate of drug-likeness (QED) is 0.459. The maximum absolute atomic E-state index is 12.1. The van der Waals surface area contributed by atoms with Gasteiger partial charge in [-0.1, -0.05) is 30.7 Å². The molecule has 2 heterocycles. The summed E-state index contributed by atoms with van der Waals surface area (Å²) < 4.78 is 6.07. The average Bonchev–Trinajstić information content (AvgIpc) is 2.91. The van der Waals surface area contributed by atoms with Gasteiger partial charge in [0.1, 0.15) is 5.75 Å². The molecule has 0 saturated carbocycles. The van der Waals surface area contributed by atoms with E-state index < -0.39 is 5.97 Å². The lowest BCUT2D eigenvalue weighted by Gasteiger charge is -2.38. The maximum atomic E-state index is 12.1. The summed E-state index contributed by atoms with van der Waals surface area (Å²) in [4.78, 5) is 19.2. The summed E-state index contributed by atoms with van der Waals surface area (Å²) in [6.07, 6.45) is 5.01. The van der Waals surface area contributed by atoms with Gasteiger partial charge in [0, 0.05) is 43.8 Å². The zero-order valence-corrected chi connectivity index (χ0v) is 20.4. The molecule has 2 aliphatic rings. The standard InChI is InChI=1S/C29H35N3O3/c33-29(34)27-12-10-23-22-25(35-21-7-16-30-14-5-2-6-15-30)11-13-26(23)28(27)32-19-17-31(18-20-32)24-8-3-1-4-9-24/h1,3-4,8-13,22H,2,5-7,14-21H2,(H,33,34). The number of carbonyl (C=O) groups is 1. The van der Waals surface area contributed by atoms with Gasteiger partial charge in [0.2, 0.25) is 0 Å². The molecule has 2 fully saturated rings. The molecular formula is C29H35N3O3. The molecular weight excluding hydrogens is 438 g/mol. The lowest BCUT2D eigenvalue weighted by Crippen LogP contribution is -2.47. The summed E-state index contributed by atoms with van der Waals surface area (Å²) in [6, 6.07) is 20.1. The second-order valence-electron chi connectivity index (χ2n) is 9.56. The second-order valence-corrected chi connectivity index (χ2v) is 9.56. The van der Waals surface area contributed by atoms with E-state index in [-0.39, 0.29) is 0 Å². The van der Waals surface area contributed by atoms with Crippen LogP contribution in [0.3, 0.4) is 0 Å². The molecule has 2 aliphatic heterocycles. The largest absolute Gasteiger partial charge is 0.494 e. The molecule has 0 atom stereocenters. The molecule has 0 amide bonds. The molecule has 35 heavy (non-hydrogen) atoms. The molecule has 6 heteroatoms. The predicted octanol–water partition coefficient (Wildman–Crippen LogP) is 5.12. The van der Waals surface area contributed by atoms with Gasteiger partial charge in [-0.2, -0.15) is 0 Å². The number of piperazine rings is 1. The van der Waals surface area contributed by atoms with Gasteiger partial charge in [-0.3, -0.25) is 0 Å². The van der Waals surface area contributed by atoms with Gasteiger partial charge in [-0.15, -0.1) is 0 Å². The first kappa shape index (κ1) is 23.5. The van der Waals surface area contributed by atoms with Gasteiger partial charge in [0.25, 0.3) is 0 Å². The Kier molecular flexibility index (Phi) is 7.38. The summed E-state index contributed by atoms with van der Waals surface area (Å²) >= 11 is 0. The molecule has 0 bridgehead atoms. The van der Waals surface area contributed by atoms with E-state index in [0.29, 0.717) is 12.2 Å². The summed E-state index contributed by atoms with van der Waals surface area (Å²) in [6.45, 7) is 7.49. The highest BCUT2D eigenvalue weighted by atomic mass is 16.5. The van der Waals surface area contributed by atoms with E-state index in [1.807, 2.05) is 30.3 Å². The number of piperidine rings is 1. The fraction of sp³-hybridized carbons (Fsp3) is 0.414. The third-order valence-corrected chi connectivity index (χ3v) is 7.25. The number of para-hydroxylation sites is 1. The van der Waals surface area contributed by atoms with Crippen LogP contribution in [0.2, 0.25) is 0 Å². The monoisotopic (exact) mass is 473 g/mol. The molecule has 0 aromatic heterocycles. The lowest BCUT2D eigenvalue weighted by molar-refractivity contribution is 0.0697. The Hall–Kier alpha value is -3.25. The number of aromatic carboxylic acids is 1. The Morgan fingerprint density at radius 1 is 0.829 bits per heavy atom. The third-order valence-electron chi connectivity index (χ3n) is 7.25. The highest BCUT2D eigenvalue weighted by Crippen LogP contribution is 2.34. The van der Waals surface area contributed by atoms with Crippen molar-refractivity contribution in [2.75, 3.05) is 62.2 Å². The van der Waals surface area contributed by atoms with E-state index in [2.05, 4.69) is 39.0 Å². The summed E-state index contributed by atoms with van der Waals surface area (Å²) in [5, 5.41) is 11.9. The topological polar surface area (TPSA) is 56.3 Å². The highest BCUT2D eigenvalue weighted by Gasteiger charge is 2.24. The first-order valence-corrected chi connectivity index (χ1v) is 12.9. The summed E-state index contributed by atoms with van der Waals surface area (Å²) in [7, 11) is 0. The van der Waals surface area contributed by atoms with Crippen LogP contribution in [0.1, 0.15) is 36.0 Å². The number of fused-ring (bicyclic) bond motifs is 1. The van der Waals surface area contributed by atoms with Gasteiger partial charge >= 0.3 is 5.97 Å². The van der Waals surface area contributed by atoms with Crippen molar-refractivity contribution in [3.8, 4) is 5.75 Å². The Bertz CT molecular complexity index is 1140. The third kappa shape index (κ3) is 5.54. The zero-order chi connectivity index (χ0) is 24.0. The smallest absolute Gasteiger partial charge is 0.337 e. The van der Waals surface area contributed by atoms with Crippen LogP contribution >= 0.6 is 0 Å². The minimum atomic E-state index is -0.884. The van der Waals surface area contributed by atoms with Crippen molar-refractivity contribution in [1.29, 1.82) is 0 Å². The van der Waals surface area contributed by atoms with Crippen molar-refractivity contribution >= 4 is 28.1 Å². The second kappa shape index (κ2) is 11.0. The molecule has 0 radical (unpaired) electrons. The Balaban J connectivity index is 1.28. The van der Waals surface area contributed by atoms with Crippen molar-refractivity contribution in [2.45, 2.75) is 25.7 Å². The number of ether oxygens (including phenoxy) is 1. The van der Waals surface area contributed by atoms with Crippen LogP contribution in [-0.2, 0) is 0 Å². The van der Waals surface area contributed by atoms with E-state index in [9.17, 15) is 9.90 Å². The number of anilines is 2. The molecule has 2 saturated heterocycles. The minimum absolute atomic E-state index is 0.362. The van der Waals surface area contributed by atoms with Crippen LogP contribution in [0.15, 0.2) is 60.7 Å². The van der Waals surface area contributed by atoms with E-state index in [0.717, 1.165) is 61.4 Å². The van der Waals surface area contributed by atoms with Crippen molar-refractivity contribution < 1.29 is 14.6 Å². The van der Waals surface area contributed by atoms with E-state index >= 15 is 0 Å². The highest BCUT2D eigenvalue weighted by molar-refractivity contribution is 6.06. The van der Waals surface area contributed by atoms with Gasteiger partial charge < -0.3 is 24.5 Å². The first-order chi connectivity index (χ1) is 17.2. The molecule has 6 nitrogen and oxygen atoms in total. The number of nitrogens with zero attached hydrogens (tertiary/aromatic N) is 3. The summed E-state index contributed by atoms with van der Waals surface area (Å²) in [5.41, 5.74) is 2.39. The van der Waals surface area contributed by atoms with Crippen LogP contribution in [0.5, 0.6) is 5.75 Å². The van der Waals surface area contributed by atoms with Gasteiger partial charge in [0.05, 0.1) is 17.9 Å². The van der Waals surface area contributed by atoms with Gasteiger partial charge in [-0.05, 0) is 74.1 Å². The van der Waals surface area contributed by atoms with Crippen molar-refractivity contribution in [3.63, 3.8) is 0 Å². The maximum Gasteiger partial charge on any atom is 0.337 e. The number of benzene rings is 3. The molecule has 3 aromatic carbocycles. The molecule has 3 aromatic rings.